The second-order valence-electron chi connectivity index (χ2n) is 7.72. The third-order valence-electron chi connectivity index (χ3n) is 5.56. The van der Waals surface area contributed by atoms with Gasteiger partial charge in [-0.15, -0.1) is 0 Å². The number of carbonyl (C=O) groups excluding carboxylic acids is 2. The Bertz CT molecular complexity index is 730. The van der Waals surface area contributed by atoms with Gasteiger partial charge in [-0.1, -0.05) is 42.5 Å². The molecule has 0 aromatic heterocycles. The molecule has 6 nitrogen and oxygen atoms in total. The number of esters is 1. The quantitative estimate of drug-likeness (QED) is 0.655. The van der Waals surface area contributed by atoms with Crippen LogP contribution < -0.4 is 5.32 Å². The third-order valence-corrected chi connectivity index (χ3v) is 6.08. The molecule has 1 aliphatic heterocycles. The van der Waals surface area contributed by atoms with Gasteiger partial charge in [0, 0.05) is 18.1 Å². The van der Waals surface area contributed by atoms with Gasteiger partial charge in [0.2, 0.25) is 5.91 Å². The van der Waals surface area contributed by atoms with Crippen LogP contribution in [0.2, 0.25) is 10.0 Å². The molecule has 1 heterocycles. The Morgan fingerprint density at radius 2 is 1.72 bits per heavy atom. The van der Waals surface area contributed by atoms with Crippen LogP contribution in [0.3, 0.4) is 0 Å². The summed E-state index contributed by atoms with van der Waals surface area (Å²) >= 11 is 12.2. The summed E-state index contributed by atoms with van der Waals surface area (Å²) in [6, 6.07) is 2.92. The topological polar surface area (TPSA) is 67.9 Å². The van der Waals surface area contributed by atoms with Crippen molar-refractivity contribution in [1.29, 1.82) is 0 Å². The van der Waals surface area contributed by atoms with Gasteiger partial charge in [-0.3, -0.25) is 9.69 Å². The fourth-order valence-electron chi connectivity index (χ4n) is 4.03. The molecule has 1 aliphatic carbocycles. The van der Waals surface area contributed by atoms with E-state index in [1.807, 2.05) is 0 Å². The number of methoxy groups -OCH3 is 1. The number of nitrogens with zero attached hydrogens (tertiary/aromatic N) is 1. The number of anilines is 1. The lowest BCUT2D eigenvalue weighted by atomic mass is 9.97. The molecule has 0 unspecified atom stereocenters. The smallest absolute Gasteiger partial charge is 0.340 e. The maximum atomic E-state index is 12.6. The number of hydrogen-bond donors (Lipinski definition) is 1. The predicted octanol–water partition coefficient (Wildman–Crippen LogP) is 4.53. The zero-order chi connectivity index (χ0) is 20.8. The van der Waals surface area contributed by atoms with Crippen LogP contribution in [0, 0.1) is 0 Å². The molecule has 1 saturated carbocycles. The van der Waals surface area contributed by atoms with Crippen molar-refractivity contribution in [3.63, 3.8) is 0 Å². The average Bonchev–Trinajstić information content (AvgIpc) is 2.71. The molecule has 29 heavy (non-hydrogen) atoms. The monoisotopic (exact) mass is 442 g/mol. The molecule has 1 amide bonds. The van der Waals surface area contributed by atoms with Gasteiger partial charge in [-0.25, -0.2) is 4.79 Å². The van der Waals surface area contributed by atoms with Crippen molar-refractivity contribution in [2.24, 2.45) is 0 Å². The van der Waals surface area contributed by atoms with E-state index in [0.29, 0.717) is 11.1 Å². The van der Waals surface area contributed by atoms with Gasteiger partial charge in [0.05, 0.1) is 42.1 Å². The number of benzene rings is 1. The van der Waals surface area contributed by atoms with Gasteiger partial charge in [0.25, 0.3) is 0 Å². The van der Waals surface area contributed by atoms with E-state index in [-0.39, 0.29) is 34.8 Å². The first-order chi connectivity index (χ1) is 14.0. The van der Waals surface area contributed by atoms with Crippen molar-refractivity contribution < 1.29 is 19.1 Å². The molecule has 0 bridgehead atoms. The number of likely N-dealkylation sites (tertiary alicyclic amines) is 1. The Morgan fingerprint density at radius 1 is 1.07 bits per heavy atom. The average molecular weight is 443 g/mol. The number of ether oxygens (including phenoxy) is 2. The minimum Gasteiger partial charge on any atom is -0.465 e. The van der Waals surface area contributed by atoms with E-state index in [1.165, 1.54) is 51.3 Å². The summed E-state index contributed by atoms with van der Waals surface area (Å²) in [5.74, 6) is -0.837. The summed E-state index contributed by atoms with van der Waals surface area (Å²) < 4.78 is 11.0. The fourth-order valence-corrected chi connectivity index (χ4v) is 4.57. The van der Waals surface area contributed by atoms with Gasteiger partial charge in [0.1, 0.15) is 0 Å². The van der Waals surface area contributed by atoms with Gasteiger partial charge in [-0.05, 0) is 37.8 Å². The highest BCUT2D eigenvalue weighted by atomic mass is 35.5. The van der Waals surface area contributed by atoms with E-state index >= 15 is 0 Å². The highest BCUT2D eigenvalue weighted by molar-refractivity contribution is 6.37. The standard InChI is InChI=1S/C21H28Cl2N2O4/c1-28-21(27)17-11-14(22)12-18(23)20(17)24-19(26)13-25-9-7-16(8-10-25)29-15-5-3-2-4-6-15/h11-12,15-16H,2-10,13H2,1H3,(H,24,26). The van der Waals surface area contributed by atoms with E-state index in [0.717, 1.165) is 25.9 Å². The Labute approximate surface area is 181 Å². The lowest BCUT2D eigenvalue weighted by Gasteiger charge is -2.34. The normalized spacial score (nSPS) is 19.1. The molecule has 2 fully saturated rings. The minimum absolute atomic E-state index is 0.137. The molecule has 160 valence electrons. The van der Waals surface area contributed by atoms with E-state index in [9.17, 15) is 9.59 Å². The van der Waals surface area contributed by atoms with Crippen molar-refractivity contribution >= 4 is 40.8 Å². The maximum absolute atomic E-state index is 12.6. The van der Waals surface area contributed by atoms with Crippen molar-refractivity contribution in [3.8, 4) is 0 Å². The Morgan fingerprint density at radius 3 is 2.38 bits per heavy atom. The number of rotatable bonds is 6. The van der Waals surface area contributed by atoms with E-state index < -0.39 is 5.97 Å². The van der Waals surface area contributed by atoms with Gasteiger partial charge in [0.15, 0.2) is 0 Å². The first-order valence-electron chi connectivity index (χ1n) is 10.2. The molecule has 2 aliphatic rings. The van der Waals surface area contributed by atoms with Gasteiger partial charge < -0.3 is 14.8 Å². The van der Waals surface area contributed by atoms with Crippen molar-refractivity contribution in [2.45, 2.75) is 57.2 Å². The lowest BCUT2D eigenvalue weighted by molar-refractivity contribution is -0.118. The molecule has 0 spiro atoms. The fraction of sp³-hybridized carbons (Fsp3) is 0.619. The number of carbonyl (C=O) groups is 2. The van der Waals surface area contributed by atoms with E-state index in [1.54, 1.807) is 0 Å². The summed E-state index contributed by atoms with van der Waals surface area (Å²) in [5, 5.41) is 3.24. The van der Waals surface area contributed by atoms with E-state index in [4.69, 9.17) is 32.7 Å². The second kappa shape index (κ2) is 10.6. The first kappa shape index (κ1) is 22.3. The Balaban J connectivity index is 1.51. The van der Waals surface area contributed by atoms with Crippen LogP contribution in [0.25, 0.3) is 0 Å². The van der Waals surface area contributed by atoms with Crippen molar-refractivity contribution in [2.75, 3.05) is 32.1 Å². The van der Waals surface area contributed by atoms with Crippen LogP contribution >= 0.6 is 23.2 Å². The lowest BCUT2D eigenvalue weighted by Crippen LogP contribution is -2.42. The van der Waals surface area contributed by atoms with Gasteiger partial charge >= 0.3 is 5.97 Å². The summed E-state index contributed by atoms with van der Waals surface area (Å²) in [6.45, 7) is 1.85. The number of amides is 1. The zero-order valence-electron chi connectivity index (χ0n) is 16.7. The molecule has 1 aromatic carbocycles. The van der Waals surface area contributed by atoms with Crippen LogP contribution in [0.1, 0.15) is 55.3 Å². The zero-order valence-corrected chi connectivity index (χ0v) is 18.2. The second-order valence-corrected chi connectivity index (χ2v) is 8.57. The summed E-state index contributed by atoms with van der Waals surface area (Å²) in [6.07, 6.45) is 8.76. The molecular formula is C21H28Cl2N2O4. The highest BCUT2D eigenvalue weighted by Crippen LogP contribution is 2.31. The van der Waals surface area contributed by atoms with E-state index in [2.05, 4.69) is 10.2 Å². The molecule has 0 radical (unpaired) electrons. The Kier molecular flexibility index (Phi) is 8.18. The number of piperidine rings is 1. The predicted molar refractivity (Wildman–Crippen MR) is 114 cm³/mol. The number of nitrogens with one attached hydrogen (secondary N) is 1. The molecule has 8 heteroatoms. The highest BCUT2D eigenvalue weighted by Gasteiger charge is 2.25. The summed E-state index contributed by atoms with van der Waals surface area (Å²) in [4.78, 5) is 26.6. The largest absolute Gasteiger partial charge is 0.465 e. The third kappa shape index (κ3) is 6.32. The molecule has 0 atom stereocenters. The van der Waals surface area contributed by atoms with Crippen LogP contribution in [0.4, 0.5) is 5.69 Å². The minimum atomic E-state index is -0.606. The molecule has 1 N–H and O–H groups in total. The molecule has 3 rings (SSSR count). The number of halogens is 2. The SMILES string of the molecule is COC(=O)c1cc(Cl)cc(Cl)c1NC(=O)CN1CCC(OC2CCCCC2)CC1. The van der Waals surface area contributed by atoms with Crippen LogP contribution in [0.5, 0.6) is 0 Å². The van der Waals surface area contributed by atoms with Crippen LogP contribution in [-0.2, 0) is 14.3 Å². The Hall–Kier alpha value is -1.34. The van der Waals surface area contributed by atoms with Crippen LogP contribution in [-0.4, -0.2) is 55.7 Å². The van der Waals surface area contributed by atoms with Gasteiger partial charge in [-0.2, -0.15) is 0 Å². The van der Waals surface area contributed by atoms with Crippen molar-refractivity contribution in [1.82, 2.24) is 4.90 Å². The summed E-state index contributed by atoms with van der Waals surface area (Å²) in [7, 11) is 1.27. The first-order valence-corrected chi connectivity index (χ1v) is 11.0. The number of hydrogen-bond acceptors (Lipinski definition) is 5. The maximum Gasteiger partial charge on any atom is 0.340 e. The van der Waals surface area contributed by atoms with Crippen molar-refractivity contribution in [3.05, 3.63) is 27.7 Å². The van der Waals surface area contributed by atoms with Crippen LogP contribution in [0.15, 0.2) is 12.1 Å². The summed E-state index contributed by atoms with van der Waals surface area (Å²) in [5.41, 5.74) is 0.362. The molecule has 1 aromatic rings. The molecular weight excluding hydrogens is 415 g/mol. The molecule has 1 saturated heterocycles.